The van der Waals surface area contributed by atoms with Gasteiger partial charge in [0.15, 0.2) is 0 Å². The molecule has 1 aromatic carbocycles. The quantitative estimate of drug-likeness (QED) is 0.0700. The van der Waals surface area contributed by atoms with Gasteiger partial charge in [-0.3, -0.25) is 0 Å². The highest BCUT2D eigenvalue weighted by Gasteiger charge is 2.23. The van der Waals surface area contributed by atoms with Gasteiger partial charge in [0.2, 0.25) is 12.6 Å². The van der Waals surface area contributed by atoms with Crippen molar-refractivity contribution in [3.63, 3.8) is 0 Å². The third-order valence-electron chi connectivity index (χ3n) is 6.65. The van der Waals surface area contributed by atoms with Crippen LogP contribution in [0.4, 0.5) is 0 Å². The second-order valence-corrected chi connectivity index (χ2v) is 10.9. The van der Waals surface area contributed by atoms with Gasteiger partial charge in [-0.25, -0.2) is 0 Å². The number of benzene rings is 1. The van der Waals surface area contributed by atoms with E-state index in [0.717, 1.165) is 5.56 Å². The Morgan fingerprint density at radius 3 is 1.11 bits per heavy atom. The predicted molar refractivity (Wildman–Crippen MR) is 191 cm³/mol. The zero-order valence-electron chi connectivity index (χ0n) is 31.8. The van der Waals surface area contributed by atoms with Crippen molar-refractivity contribution in [1.29, 1.82) is 0 Å². The van der Waals surface area contributed by atoms with E-state index in [0.29, 0.717) is 139 Å². The third kappa shape index (κ3) is 33.6. The van der Waals surface area contributed by atoms with Gasteiger partial charge in [0.1, 0.15) is 6.10 Å². The molecule has 0 spiro atoms. The smallest absolute Gasteiger partial charge is 0.209 e. The normalized spacial score (nSPS) is 13.4. The molecule has 53 heavy (non-hydrogen) atoms. The number of aliphatic hydroxyl groups is 2. The fraction of sp³-hybridized carbons (Fsp3) is 0.833. The molecule has 0 amide bonds. The maximum atomic E-state index is 10.2. The molecule has 0 saturated heterocycles. The Kier molecular flexibility index (Phi) is 37.6. The minimum absolute atomic E-state index is 0.00585. The molecule has 0 saturated carbocycles. The molecule has 0 fully saturated rings. The summed E-state index contributed by atoms with van der Waals surface area (Å²) in [6.07, 6.45) is -2.46. The molecule has 0 radical (unpaired) electrons. The molecule has 0 aromatic heterocycles. The van der Waals surface area contributed by atoms with Gasteiger partial charge in [-0.05, 0) is 5.56 Å². The first-order valence-corrected chi connectivity index (χ1v) is 18.2. The molecule has 1 rings (SSSR count). The van der Waals surface area contributed by atoms with E-state index in [1.54, 1.807) is 0 Å². The first-order valence-electron chi connectivity index (χ1n) is 18.2. The molecule has 312 valence electrons. The first kappa shape index (κ1) is 49.6. The fourth-order valence-corrected chi connectivity index (χ4v) is 4.03. The number of methoxy groups -OCH3 is 2. The Morgan fingerprint density at radius 1 is 0.415 bits per heavy atom. The van der Waals surface area contributed by atoms with Crippen LogP contribution in [0.25, 0.3) is 0 Å². The molecule has 0 aliphatic rings. The van der Waals surface area contributed by atoms with Gasteiger partial charge in [0, 0.05) is 14.2 Å². The van der Waals surface area contributed by atoms with Crippen molar-refractivity contribution in [3.05, 3.63) is 35.9 Å². The maximum absolute atomic E-state index is 10.2. The summed E-state index contributed by atoms with van der Waals surface area (Å²) in [5, 5.41) is 18.8. The largest absolute Gasteiger partial charge is 0.394 e. The zero-order chi connectivity index (χ0) is 38.1. The SMILES string of the molecule is COC(OCCOCCOCCOCCOCCOCCOCCOCCOCCOCCOCCO)C(OC)OCC(O)COCc1ccccc1. The van der Waals surface area contributed by atoms with E-state index in [2.05, 4.69) is 0 Å². The highest BCUT2D eigenvalue weighted by molar-refractivity contribution is 5.13. The number of aliphatic hydroxyl groups excluding tert-OH is 2. The van der Waals surface area contributed by atoms with Gasteiger partial charge in [0.25, 0.3) is 0 Å². The number of ether oxygens (including phenoxy) is 15. The summed E-state index contributed by atoms with van der Waals surface area (Å²) in [6.45, 7) is 9.94. The van der Waals surface area contributed by atoms with E-state index in [9.17, 15) is 5.11 Å². The highest BCUT2D eigenvalue weighted by atomic mass is 16.8. The van der Waals surface area contributed by atoms with Gasteiger partial charge in [-0.2, -0.15) is 0 Å². The Morgan fingerprint density at radius 2 is 0.755 bits per heavy atom. The molecule has 3 atom stereocenters. The van der Waals surface area contributed by atoms with Crippen LogP contribution < -0.4 is 0 Å². The lowest BCUT2D eigenvalue weighted by atomic mass is 10.2. The van der Waals surface area contributed by atoms with Crippen molar-refractivity contribution in [2.24, 2.45) is 0 Å². The molecular formula is C36H66O17. The van der Waals surface area contributed by atoms with E-state index in [4.69, 9.17) is 76.2 Å². The van der Waals surface area contributed by atoms with Crippen LogP contribution >= 0.6 is 0 Å². The second kappa shape index (κ2) is 40.2. The molecule has 3 unspecified atom stereocenters. The molecule has 0 heterocycles. The van der Waals surface area contributed by atoms with E-state index >= 15 is 0 Å². The van der Waals surface area contributed by atoms with Crippen molar-refractivity contribution in [2.75, 3.05) is 173 Å². The van der Waals surface area contributed by atoms with Crippen molar-refractivity contribution in [3.8, 4) is 0 Å². The van der Waals surface area contributed by atoms with Crippen LogP contribution in [0.3, 0.4) is 0 Å². The summed E-state index contributed by atoms with van der Waals surface area (Å²) in [7, 11) is 2.96. The molecular weight excluding hydrogens is 704 g/mol. The zero-order valence-corrected chi connectivity index (χ0v) is 31.8. The summed E-state index contributed by atoms with van der Waals surface area (Å²) in [6, 6.07) is 9.72. The van der Waals surface area contributed by atoms with E-state index in [-0.39, 0.29) is 26.4 Å². The molecule has 0 aliphatic heterocycles. The first-order chi connectivity index (χ1) is 26.2. The van der Waals surface area contributed by atoms with Crippen LogP contribution in [0.2, 0.25) is 0 Å². The van der Waals surface area contributed by atoms with Crippen molar-refractivity contribution < 1.29 is 81.3 Å². The van der Waals surface area contributed by atoms with Crippen LogP contribution in [0, 0.1) is 0 Å². The Labute approximate surface area is 315 Å². The minimum Gasteiger partial charge on any atom is -0.394 e. The van der Waals surface area contributed by atoms with Gasteiger partial charge < -0.3 is 81.3 Å². The predicted octanol–water partition coefficient (Wildman–Crippen LogP) is 0.701. The lowest BCUT2D eigenvalue weighted by Gasteiger charge is -2.25. The third-order valence-corrected chi connectivity index (χ3v) is 6.65. The van der Waals surface area contributed by atoms with Crippen LogP contribution in [0.5, 0.6) is 0 Å². The van der Waals surface area contributed by atoms with Crippen LogP contribution in [-0.4, -0.2) is 202 Å². The summed E-state index contributed by atoms with van der Waals surface area (Å²) < 4.78 is 81.7. The highest BCUT2D eigenvalue weighted by Crippen LogP contribution is 2.08. The number of hydrogen-bond donors (Lipinski definition) is 2. The van der Waals surface area contributed by atoms with Crippen molar-refractivity contribution >= 4 is 0 Å². The van der Waals surface area contributed by atoms with Crippen LogP contribution in [0.1, 0.15) is 5.56 Å². The molecule has 17 heteroatoms. The van der Waals surface area contributed by atoms with E-state index < -0.39 is 18.7 Å². The molecule has 0 aliphatic carbocycles. The molecule has 0 bridgehead atoms. The Hall–Kier alpha value is -1.46. The van der Waals surface area contributed by atoms with Gasteiger partial charge in [-0.1, -0.05) is 30.3 Å². The standard InChI is InChI=1S/C36H66O17/c1-39-35(36(40-2)53-32-34(38)31-51-30-33-6-4-3-5-7-33)52-29-28-50-27-26-49-25-24-48-23-22-47-21-20-46-19-18-45-17-16-44-15-14-43-13-12-42-11-10-41-9-8-37/h3-7,34-38H,8-32H2,1-2H3. The van der Waals surface area contributed by atoms with Gasteiger partial charge in [-0.15, -0.1) is 0 Å². The average molecular weight is 771 g/mol. The second-order valence-electron chi connectivity index (χ2n) is 10.9. The van der Waals surface area contributed by atoms with Crippen molar-refractivity contribution in [1.82, 2.24) is 0 Å². The Bertz CT molecular complexity index is 843. The van der Waals surface area contributed by atoms with E-state index in [1.165, 1.54) is 14.2 Å². The summed E-state index contributed by atoms with van der Waals surface area (Å²) in [5.41, 5.74) is 1.03. The van der Waals surface area contributed by atoms with Crippen molar-refractivity contribution in [2.45, 2.75) is 25.3 Å². The topological polar surface area (TPSA) is 179 Å². The summed E-state index contributed by atoms with van der Waals surface area (Å²) in [5.74, 6) is 0. The lowest BCUT2D eigenvalue weighted by Crippen LogP contribution is -2.38. The molecule has 2 N–H and O–H groups in total. The monoisotopic (exact) mass is 770 g/mol. The summed E-state index contributed by atoms with van der Waals surface area (Å²) in [4.78, 5) is 0. The van der Waals surface area contributed by atoms with Crippen LogP contribution in [-0.2, 0) is 77.7 Å². The number of hydrogen-bond acceptors (Lipinski definition) is 17. The molecule has 1 aromatic rings. The van der Waals surface area contributed by atoms with Crippen LogP contribution in [0.15, 0.2) is 30.3 Å². The Balaban J connectivity index is 1.78. The number of rotatable bonds is 43. The molecule has 17 nitrogen and oxygen atoms in total. The maximum Gasteiger partial charge on any atom is 0.209 e. The summed E-state index contributed by atoms with van der Waals surface area (Å²) >= 11 is 0. The van der Waals surface area contributed by atoms with E-state index in [1.807, 2.05) is 30.3 Å². The van der Waals surface area contributed by atoms with Gasteiger partial charge in [0.05, 0.1) is 165 Å². The minimum atomic E-state index is -0.833. The lowest BCUT2D eigenvalue weighted by molar-refractivity contribution is -0.278. The average Bonchev–Trinajstić information content (AvgIpc) is 3.18. The fourth-order valence-electron chi connectivity index (χ4n) is 4.03. The van der Waals surface area contributed by atoms with Gasteiger partial charge >= 0.3 is 0 Å².